The van der Waals surface area contributed by atoms with Crippen LogP contribution in [0.3, 0.4) is 0 Å². The number of rotatable bonds is 5. The number of aromatic amines is 1. The van der Waals surface area contributed by atoms with Crippen molar-refractivity contribution in [3.05, 3.63) is 65.9 Å². The van der Waals surface area contributed by atoms with E-state index in [1.165, 1.54) is 0 Å². The zero-order chi connectivity index (χ0) is 16.9. The number of carbonyl (C=O) groups is 2. The van der Waals surface area contributed by atoms with Gasteiger partial charge in [-0.3, -0.25) is 4.79 Å². The highest BCUT2D eigenvalue weighted by Gasteiger charge is 2.11. The molecule has 0 saturated carbocycles. The second-order valence-electron chi connectivity index (χ2n) is 5.39. The molecule has 0 saturated heterocycles. The summed E-state index contributed by atoms with van der Waals surface area (Å²) in [4.78, 5) is 27.2. The number of ether oxygens (including phenoxy) is 1. The Bertz CT molecular complexity index is 883. The summed E-state index contributed by atoms with van der Waals surface area (Å²) in [7, 11) is 0. The standard InChI is InChI=1S/C19H18N2O3/c1-2-24-19(23)13-6-5-7-15(10-13)21-18(22)11-14-12-20-17-9-4-3-8-16(14)17/h3-10,12,20H,2,11H2,1H3,(H,21,22). The average Bonchev–Trinajstić information content (AvgIpc) is 2.98. The molecule has 3 rings (SSSR count). The molecule has 5 heteroatoms. The summed E-state index contributed by atoms with van der Waals surface area (Å²) in [5.74, 6) is -0.536. The maximum absolute atomic E-state index is 12.3. The summed E-state index contributed by atoms with van der Waals surface area (Å²) in [5, 5.41) is 3.86. The first-order valence-electron chi connectivity index (χ1n) is 7.79. The van der Waals surface area contributed by atoms with E-state index in [1.54, 1.807) is 31.2 Å². The van der Waals surface area contributed by atoms with Crippen molar-refractivity contribution < 1.29 is 14.3 Å². The maximum atomic E-state index is 12.3. The predicted octanol–water partition coefficient (Wildman–Crippen LogP) is 3.53. The molecule has 2 N–H and O–H groups in total. The molecule has 0 aliphatic carbocycles. The molecule has 1 aromatic heterocycles. The highest BCUT2D eigenvalue weighted by atomic mass is 16.5. The summed E-state index contributed by atoms with van der Waals surface area (Å²) < 4.78 is 4.97. The molecule has 5 nitrogen and oxygen atoms in total. The second kappa shape index (κ2) is 7.00. The minimum absolute atomic E-state index is 0.138. The minimum atomic E-state index is -0.398. The minimum Gasteiger partial charge on any atom is -0.462 e. The number of carbonyl (C=O) groups excluding carboxylic acids is 2. The number of aromatic nitrogens is 1. The molecule has 0 radical (unpaired) electrons. The number of H-pyrrole nitrogens is 1. The van der Waals surface area contributed by atoms with Crippen LogP contribution in [0.25, 0.3) is 10.9 Å². The number of para-hydroxylation sites is 1. The van der Waals surface area contributed by atoms with E-state index in [0.717, 1.165) is 16.5 Å². The Labute approximate surface area is 139 Å². The first kappa shape index (κ1) is 15.8. The summed E-state index contributed by atoms with van der Waals surface area (Å²) in [5.41, 5.74) is 2.93. The van der Waals surface area contributed by atoms with Crippen molar-refractivity contribution in [1.82, 2.24) is 4.98 Å². The molecule has 0 aliphatic rings. The normalized spacial score (nSPS) is 10.5. The molecule has 24 heavy (non-hydrogen) atoms. The quantitative estimate of drug-likeness (QED) is 0.706. The summed E-state index contributed by atoms with van der Waals surface area (Å²) in [6, 6.07) is 14.6. The molecule has 0 atom stereocenters. The van der Waals surface area contributed by atoms with Crippen LogP contribution in [-0.2, 0) is 16.0 Å². The van der Waals surface area contributed by atoms with Crippen molar-refractivity contribution in [3.63, 3.8) is 0 Å². The number of benzene rings is 2. The number of anilines is 1. The summed E-state index contributed by atoms with van der Waals surface area (Å²) in [6.45, 7) is 2.07. The fourth-order valence-electron chi connectivity index (χ4n) is 2.59. The van der Waals surface area contributed by atoms with Gasteiger partial charge in [-0.1, -0.05) is 24.3 Å². The molecule has 2 aromatic carbocycles. The van der Waals surface area contributed by atoms with Gasteiger partial charge < -0.3 is 15.0 Å². The predicted molar refractivity (Wildman–Crippen MR) is 93.0 cm³/mol. The molecular weight excluding hydrogens is 304 g/mol. The summed E-state index contributed by atoms with van der Waals surface area (Å²) in [6.07, 6.45) is 2.10. The van der Waals surface area contributed by atoms with Crippen LogP contribution in [0.5, 0.6) is 0 Å². The number of fused-ring (bicyclic) bond motifs is 1. The van der Waals surface area contributed by atoms with E-state index < -0.39 is 5.97 Å². The van der Waals surface area contributed by atoms with Gasteiger partial charge in [0.05, 0.1) is 18.6 Å². The molecule has 0 bridgehead atoms. The van der Waals surface area contributed by atoms with Crippen LogP contribution in [0, 0.1) is 0 Å². The van der Waals surface area contributed by atoms with E-state index in [4.69, 9.17) is 4.74 Å². The highest BCUT2D eigenvalue weighted by Crippen LogP contribution is 2.19. The zero-order valence-corrected chi connectivity index (χ0v) is 13.3. The lowest BCUT2D eigenvalue weighted by molar-refractivity contribution is -0.115. The number of esters is 1. The molecule has 0 fully saturated rings. The molecule has 1 heterocycles. The lowest BCUT2D eigenvalue weighted by Crippen LogP contribution is -2.14. The Morgan fingerprint density at radius 2 is 1.96 bits per heavy atom. The van der Waals surface area contributed by atoms with Crippen molar-refractivity contribution in [2.24, 2.45) is 0 Å². The summed E-state index contributed by atoms with van der Waals surface area (Å²) >= 11 is 0. The Kier molecular flexibility index (Phi) is 4.61. The smallest absolute Gasteiger partial charge is 0.338 e. The number of hydrogen-bond acceptors (Lipinski definition) is 3. The molecular formula is C19H18N2O3. The molecule has 3 aromatic rings. The molecule has 0 unspecified atom stereocenters. The fourth-order valence-corrected chi connectivity index (χ4v) is 2.59. The van der Waals surface area contributed by atoms with Gasteiger partial charge in [-0.25, -0.2) is 4.79 Å². The number of nitrogens with one attached hydrogen (secondary N) is 2. The lowest BCUT2D eigenvalue weighted by Gasteiger charge is -2.07. The van der Waals surface area contributed by atoms with Crippen molar-refractivity contribution in [2.45, 2.75) is 13.3 Å². The van der Waals surface area contributed by atoms with Crippen molar-refractivity contribution >= 4 is 28.5 Å². The lowest BCUT2D eigenvalue weighted by atomic mass is 10.1. The van der Waals surface area contributed by atoms with Crippen LogP contribution < -0.4 is 5.32 Å². The Morgan fingerprint density at radius 1 is 1.12 bits per heavy atom. The van der Waals surface area contributed by atoms with E-state index >= 15 is 0 Å². The highest BCUT2D eigenvalue weighted by molar-refractivity contribution is 5.97. The first-order chi connectivity index (χ1) is 11.7. The van der Waals surface area contributed by atoms with Gasteiger partial charge in [0.25, 0.3) is 0 Å². The van der Waals surface area contributed by atoms with E-state index in [-0.39, 0.29) is 12.3 Å². The first-order valence-corrected chi connectivity index (χ1v) is 7.79. The van der Waals surface area contributed by atoms with Gasteiger partial charge in [-0.05, 0) is 36.8 Å². The monoisotopic (exact) mass is 322 g/mol. The Morgan fingerprint density at radius 3 is 2.79 bits per heavy atom. The van der Waals surface area contributed by atoms with Gasteiger partial charge in [-0.2, -0.15) is 0 Å². The van der Waals surface area contributed by atoms with Crippen molar-refractivity contribution in [1.29, 1.82) is 0 Å². The molecule has 0 aliphatic heterocycles. The van der Waals surface area contributed by atoms with Crippen LogP contribution in [0.1, 0.15) is 22.8 Å². The van der Waals surface area contributed by atoms with Crippen LogP contribution in [0.15, 0.2) is 54.7 Å². The maximum Gasteiger partial charge on any atom is 0.338 e. The SMILES string of the molecule is CCOC(=O)c1cccc(NC(=O)Cc2c[nH]c3ccccc23)c1. The molecule has 122 valence electrons. The van der Waals surface area contributed by atoms with E-state index in [2.05, 4.69) is 10.3 Å². The topological polar surface area (TPSA) is 71.2 Å². The van der Waals surface area contributed by atoms with E-state index in [9.17, 15) is 9.59 Å². The van der Waals surface area contributed by atoms with Gasteiger partial charge >= 0.3 is 5.97 Å². The van der Waals surface area contributed by atoms with Gasteiger partial charge in [0, 0.05) is 22.8 Å². The third-order valence-corrected chi connectivity index (χ3v) is 3.68. The Balaban J connectivity index is 1.71. The van der Waals surface area contributed by atoms with Gasteiger partial charge in [0.1, 0.15) is 0 Å². The molecule has 1 amide bonds. The van der Waals surface area contributed by atoms with Crippen LogP contribution in [0.2, 0.25) is 0 Å². The third-order valence-electron chi connectivity index (χ3n) is 3.68. The average molecular weight is 322 g/mol. The number of amides is 1. The zero-order valence-electron chi connectivity index (χ0n) is 13.3. The fraction of sp³-hybridized carbons (Fsp3) is 0.158. The van der Waals surface area contributed by atoms with Gasteiger partial charge in [0.2, 0.25) is 5.91 Å². The largest absolute Gasteiger partial charge is 0.462 e. The van der Waals surface area contributed by atoms with Crippen molar-refractivity contribution in [3.8, 4) is 0 Å². The van der Waals surface area contributed by atoms with Crippen LogP contribution in [0.4, 0.5) is 5.69 Å². The Hall–Kier alpha value is -3.08. The van der Waals surface area contributed by atoms with Gasteiger partial charge in [0.15, 0.2) is 0 Å². The van der Waals surface area contributed by atoms with Crippen molar-refractivity contribution in [2.75, 3.05) is 11.9 Å². The van der Waals surface area contributed by atoms with Gasteiger partial charge in [-0.15, -0.1) is 0 Å². The number of hydrogen-bond donors (Lipinski definition) is 2. The third kappa shape index (κ3) is 3.46. The molecule has 0 spiro atoms. The van der Waals surface area contributed by atoms with Crippen LogP contribution in [-0.4, -0.2) is 23.5 Å². The second-order valence-corrected chi connectivity index (χ2v) is 5.39. The van der Waals surface area contributed by atoms with E-state index in [1.807, 2.05) is 30.5 Å². The van der Waals surface area contributed by atoms with Crippen LogP contribution >= 0.6 is 0 Å². The van der Waals surface area contributed by atoms with E-state index in [0.29, 0.717) is 17.9 Å².